The zero-order chi connectivity index (χ0) is 23.9. The predicted octanol–water partition coefficient (Wildman–Crippen LogP) is 4.10. The van der Waals surface area contributed by atoms with Crippen molar-refractivity contribution in [1.82, 2.24) is 15.3 Å². The number of piperidine rings is 1. The molecule has 35 heavy (non-hydrogen) atoms. The molecule has 2 aromatic heterocycles. The van der Waals surface area contributed by atoms with Gasteiger partial charge in [0.1, 0.15) is 11.6 Å². The van der Waals surface area contributed by atoms with Gasteiger partial charge < -0.3 is 19.9 Å². The number of aromatic amines is 1. The Morgan fingerprint density at radius 1 is 1.03 bits per heavy atom. The first-order valence-corrected chi connectivity index (χ1v) is 11.7. The summed E-state index contributed by atoms with van der Waals surface area (Å²) in [7, 11) is 0. The number of pyridine rings is 2. The smallest absolute Gasteiger partial charge is 0.255 e. The fourth-order valence-electron chi connectivity index (χ4n) is 5.23. The van der Waals surface area contributed by atoms with E-state index in [1.165, 1.54) is 12.1 Å². The van der Waals surface area contributed by atoms with Crippen molar-refractivity contribution in [2.24, 2.45) is 0 Å². The fraction of sp³-hybridized carbons (Fsp3) is 0.259. The van der Waals surface area contributed by atoms with E-state index < -0.39 is 11.6 Å². The lowest BCUT2D eigenvalue weighted by molar-refractivity contribution is -0.00896. The first kappa shape index (κ1) is 21.9. The summed E-state index contributed by atoms with van der Waals surface area (Å²) in [5.74, 6) is -1.29. The maximum absolute atomic E-state index is 14.2. The Morgan fingerprint density at radius 2 is 1.89 bits per heavy atom. The van der Waals surface area contributed by atoms with E-state index in [2.05, 4.69) is 20.2 Å². The van der Waals surface area contributed by atoms with Crippen molar-refractivity contribution in [2.45, 2.75) is 18.6 Å². The summed E-state index contributed by atoms with van der Waals surface area (Å²) in [5, 5.41) is 4.34. The van der Waals surface area contributed by atoms with Gasteiger partial charge >= 0.3 is 0 Å². The highest BCUT2D eigenvalue weighted by atomic mass is 19.1. The molecule has 2 aliphatic rings. The maximum Gasteiger partial charge on any atom is 0.255 e. The summed E-state index contributed by atoms with van der Waals surface area (Å²) in [4.78, 5) is 22.0. The largest absolute Gasteiger partial charge is 0.373 e. The van der Waals surface area contributed by atoms with Crippen LogP contribution in [0.1, 0.15) is 6.42 Å². The maximum atomic E-state index is 14.2. The summed E-state index contributed by atoms with van der Waals surface area (Å²) < 4.78 is 34.5. The van der Waals surface area contributed by atoms with E-state index in [4.69, 9.17) is 4.74 Å². The first-order valence-electron chi connectivity index (χ1n) is 11.7. The van der Waals surface area contributed by atoms with Gasteiger partial charge in [-0.3, -0.25) is 9.78 Å². The molecular weight excluding hydrogens is 450 g/mol. The molecule has 178 valence electrons. The molecule has 6 rings (SSSR count). The zero-order valence-electron chi connectivity index (χ0n) is 18.9. The minimum absolute atomic E-state index is 0.0120. The molecule has 2 fully saturated rings. The lowest BCUT2D eigenvalue weighted by Crippen LogP contribution is -2.57. The molecule has 2 N–H and O–H groups in total. The van der Waals surface area contributed by atoms with Gasteiger partial charge in [0.2, 0.25) is 0 Å². The molecular formula is C27H24F2N4O2. The third-order valence-electron chi connectivity index (χ3n) is 6.86. The molecule has 2 aromatic carbocycles. The summed E-state index contributed by atoms with van der Waals surface area (Å²) in [6.07, 6.45) is 4.16. The highest BCUT2D eigenvalue weighted by molar-refractivity contribution is 6.01. The van der Waals surface area contributed by atoms with Crippen LogP contribution in [0.15, 0.2) is 65.7 Å². The quantitative estimate of drug-likeness (QED) is 0.468. The van der Waals surface area contributed by atoms with Crippen molar-refractivity contribution in [1.29, 1.82) is 0 Å². The van der Waals surface area contributed by atoms with E-state index in [1.807, 2.05) is 18.2 Å². The molecule has 0 aliphatic carbocycles. The average Bonchev–Trinajstić information content (AvgIpc) is 2.87. The van der Waals surface area contributed by atoms with Crippen LogP contribution in [0.5, 0.6) is 0 Å². The molecule has 0 radical (unpaired) electrons. The number of H-pyrrole nitrogens is 1. The second kappa shape index (κ2) is 8.87. The molecule has 6 nitrogen and oxygen atoms in total. The standard InChI is InChI=1S/C27H24F2N4O2/c28-18-10-17(11-19(29)13-18)22-14-32-23-4-3-16(20-2-1-6-31-27(20)34)12-21(23)26(22)33-8-5-24-25(15-33)35-9-7-30-24/h1-4,6,10-14,24-25,30H,5,7-9,15H2,(H,31,34). The van der Waals surface area contributed by atoms with E-state index in [1.54, 1.807) is 24.5 Å². The molecule has 4 heterocycles. The number of benzene rings is 2. The van der Waals surface area contributed by atoms with Crippen LogP contribution in [0.2, 0.25) is 0 Å². The number of nitrogens with one attached hydrogen (secondary N) is 2. The van der Waals surface area contributed by atoms with Crippen LogP contribution < -0.4 is 15.8 Å². The third kappa shape index (κ3) is 4.09. The topological polar surface area (TPSA) is 70.2 Å². The molecule has 0 bridgehead atoms. The number of hydrogen-bond acceptors (Lipinski definition) is 5. The van der Waals surface area contributed by atoms with Gasteiger partial charge in [-0.2, -0.15) is 0 Å². The molecule has 0 saturated carbocycles. The lowest BCUT2D eigenvalue weighted by Gasteiger charge is -2.43. The number of aromatic nitrogens is 2. The van der Waals surface area contributed by atoms with E-state index in [0.29, 0.717) is 29.8 Å². The van der Waals surface area contributed by atoms with Gasteiger partial charge in [0.15, 0.2) is 0 Å². The predicted molar refractivity (Wildman–Crippen MR) is 132 cm³/mol. The summed E-state index contributed by atoms with van der Waals surface area (Å²) in [6, 6.07) is 13.0. The summed E-state index contributed by atoms with van der Waals surface area (Å²) in [5.41, 5.74) is 3.73. The normalized spacial score (nSPS) is 20.1. The minimum Gasteiger partial charge on any atom is -0.373 e. The van der Waals surface area contributed by atoms with Gasteiger partial charge in [0.25, 0.3) is 5.56 Å². The number of fused-ring (bicyclic) bond motifs is 2. The SMILES string of the molecule is O=c1[nH]cccc1-c1ccc2ncc(-c3cc(F)cc(F)c3)c(N3CCC4NCCOC4C3)c2c1. The molecule has 0 spiro atoms. The van der Waals surface area contributed by atoms with Gasteiger partial charge in [-0.25, -0.2) is 8.78 Å². The molecule has 2 aliphatic heterocycles. The first-order chi connectivity index (χ1) is 17.1. The van der Waals surface area contributed by atoms with Crippen LogP contribution in [0.25, 0.3) is 33.2 Å². The Labute approximate surface area is 200 Å². The Bertz CT molecular complexity index is 1450. The monoisotopic (exact) mass is 474 g/mol. The van der Waals surface area contributed by atoms with Crippen molar-refractivity contribution in [3.8, 4) is 22.3 Å². The highest BCUT2D eigenvalue weighted by Gasteiger charge is 2.33. The van der Waals surface area contributed by atoms with Gasteiger partial charge in [0.05, 0.1) is 23.9 Å². The zero-order valence-corrected chi connectivity index (χ0v) is 18.9. The van der Waals surface area contributed by atoms with Crippen molar-refractivity contribution in [2.75, 3.05) is 31.1 Å². The second-order valence-corrected chi connectivity index (χ2v) is 9.03. The van der Waals surface area contributed by atoms with Crippen LogP contribution >= 0.6 is 0 Å². The highest BCUT2D eigenvalue weighted by Crippen LogP contribution is 2.40. The van der Waals surface area contributed by atoms with Gasteiger partial charge in [-0.15, -0.1) is 0 Å². The number of morpholine rings is 1. The number of rotatable bonds is 3. The number of ether oxygens (including phenoxy) is 1. The number of halogens is 2. The van der Waals surface area contributed by atoms with Crippen LogP contribution in [0.3, 0.4) is 0 Å². The van der Waals surface area contributed by atoms with Gasteiger partial charge in [-0.05, 0) is 53.9 Å². The Hall–Kier alpha value is -3.62. The Balaban J connectivity index is 1.56. The van der Waals surface area contributed by atoms with Crippen LogP contribution in [-0.4, -0.2) is 48.4 Å². The summed E-state index contributed by atoms with van der Waals surface area (Å²) in [6.45, 7) is 2.87. The van der Waals surface area contributed by atoms with Crippen molar-refractivity contribution >= 4 is 16.6 Å². The Morgan fingerprint density at radius 3 is 2.71 bits per heavy atom. The van der Waals surface area contributed by atoms with E-state index in [0.717, 1.165) is 47.7 Å². The average molecular weight is 475 g/mol. The summed E-state index contributed by atoms with van der Waals surface area (Å²) >= 11 is 0. The van der Waals surface area contributed by atoms with Gasteiger partial charge in [0, 0.05) is 60.6 Å². The molecule has 8 heteroatoms. The molecule has 0 amide bonds. The molecule has 4 aromatic rings. The molecule has 2 unspecified atom stereocenters. The molecule has 2 atom stereocenters. The van der Waals surface area contributed by atoms with E-state index in [9.17, 15) is 13.6 Å². The van der Waals surface area contributed by atoms with Gasteiger partial charge in [-0.1, -0.05) is 6.07 Å². The lowest BCUT2D eigenvalue weighted by atomic mass is 9.95. The third-order valence-corrected chi connectivity index (χ3v) is 6.86. The van der Waals surface area contributed by atoms with Crippen molar-refractivity contribution in [3.05, 3.63) is 82.9 Å². The number of hydrogen-bond donors (Lipinski definition) is 2. The number of nitrogens with zero attached hydrogens (tertiary/aromatic N) is 2. The van der Waals surface area contributed by atoms with E-state index >= 15 is 0 Å². The van der Waals surface area contributed by atoms with E-state index in [-0.39, 0.29) is 17.7 Å². The van der Waals surface area contributed by atoms with Crippen LogP contribution in [0.4, 0.5) is 14.5 Å². The Kier molecular flexibility index (Phi) is 5.54. The van der Waals surface area contributed by atoms with Crippen LogP contribution in [0, 0.1) is 11.6 Å². The minimum atomic E-state index is -0.644. The van der Waals surface area contributed by atoms with Crippen LogP contribution in [-0.2, 0) is 4.74 Å². The van der Waals surface area contributed by atoms with Crippen molar-refractivity contribution < 1.29 is 13.5 Å². The second-order valence-electron chi connectivity index (χ2n) is 9.03. The fourth-order valence-corrected chi connectivity index (χ4v) is 5.23. The molecule has 2 saturated heterocycles. The number of anilines is 1. The van der Waals surface area contributed by atoms with Crippen molar-refractivity contribution in [3.63, 3.8) is 0 Å².